The van der Waals surface area contributed by atoms with Crippen LogP contribution in [0.1, 0.15) is 11.1 Å². The van der Waals surface area contributed by atoms with E-state index in [9.17, 15) is 0 Å². The Hall–Kier alpha value is -1.74. The summed E-state index contributed by atoms with van der Waals surface area (Å²) in [6.45, 7) is 4.15. The van der Waals surface area contributed by atoms with Gasteiger partial charge >= 0.3 is 0 Å². The minimum atomic E-state index is 0.385. The third kappa shape index (κ3) is 2.88. The Morgan fingerprint density at radius 2 is 1.88 bits per heavy atom. The van der Waals surface area contributed by atoms with E-state index >= 15 is 0 Å². The zero-order valence-corrected chi connectivity index (χ0v) is 10.5. The summed E-state index contributed by atoms with van der Waals surface area (Å²) in [7, 11) is 0. The molecule has 0 radical (unpaired) electrons. The number of nitrogens with one attached hydrogen (secondary N) is 1. The number of nitrogens with zero attached hydrogens (tertiary/aromatic N) is 1. The van der Waals surface area contributed by atoms with E-state index in [2.05, 4.69) is 36.3 Å². The summed E-state index contributed by atoms with van der Waals surface area (Å²) in [5.74, 6) is 0.651. The van der Waals surface area contributed by atoms with Crippen LogP contribution in [0, 0.1) is 13.8 Å². The lowest BCUT2D eigenvalue weighted by Crippen LogP contribution is -1.96. The average molecular weight is 248 g/mol. The standard InChI is InChI=1S/C13H14ClN3/c1-8-3-4-11(5-9(8)2)16-13-7-10(15)6-12(14)17-13/h3-7H,1-2H3,(H3,15,16,17). The fraction of sp³-hybridized carbons (Fsp3) is 0.154. The molecule has 1 heterocycles. The van der Waals surface area contributed by atoms with Gasteiger partial charge in [-0.2, -0.15) is 0 Å². The van der Waals surface area contributed by atoms with Gasteiger partial charge in [0.25, 0.3) is 0 Å². The summed E-state index contributed by atoms with van der Waals surface area (Å²) in [4.78, 5) is 4.16. The number of benzene rings is 1. The molecule has 17 heavy (non-hydrogen) atoms. The topological polar surface area (TPSA) is 50.9 Å². The summed E-state index contributed by atoms with van der Waals surface area (Å²) in [6.07, 6.45) is 0. The van der Waals surface area contributed by atoms with E-state index < -0.39 is 0 Å². The normalized spacial score (nSPS) is 10.3. The van der Waals surface area contributed by atoms with E-state index in [4.69, 9.17) is 17.3 Å². The first-order valence-corrected chi connectivity index (χ1v) is 5.70. The van der Waals surface area contributed by atoms with Crippen LogP contribution in [0.3, 0.4) is 0 Å². The molecule has 0 bridgehead atoms. The number of aromatic nitrogens is 1. The quantitative estimate of drug-likeness (QED) is 0.796. The van der Waals surface area contributed by atoms with Gasteiger partial charge in [-0.1, -0.05) is 17.7 Å². The number of rotatable bonds is 2. The van der Waals surface area contributed by atoms with E-state index in [0.29, 0.717) is 16.7 Å². The minimum Gasteiger partial charge on any atom is -0.399 e. The van der Waals surface area contributed by atoms with E-state index in [1.54, 1.807) is 12.1 Å². The summed E-state index contributed by atoms with van der Waals surface area (Å²) in [6, 6.07) is 9.50. The molecule has 3 nitrogen and oxygen atoms in total. The van der Waals surface area contributed by atoms with Crippen molar-refractivity contribution in [3.63, 3.8) is 0 Å². The van der Waals surface area contributed by atoms with Crippen LogP contribution in [-0.2, 0) is 0 Å². The Labute approximate surface area is 106 Å². The zero-order chi connectivity index (χ0) is 12.4. The molecule has 0 amide bonds. The van der Waals surface area contributed by atoms with Crippen LogP contribution in [0.25, 0.3) is 0 Å². The second-order valence-corrected chi connectivity index (χ2v) is 4.42. The predicted molar refractivity (Wildman–Crippen MR) is 72.9 cm³/mol. The first kappa shape index (κ1) is 11.7. The second kappa shape index (κ2) is 4.63. The van der Waals surface area contributed by atoms with Gasteiger partial charge in [0.15, 0.2) is 0 Å². The van der Waals surface area contributed by atoms with E-state index in [1.165, 1.54) is 11.1 Å². The van der Waals surface area contributed by atoms with Crippen molar-refractivity contribution < 1.29 is 0 Å². The number of hydrogen-bond acceptors (Lipinski definition) is 3. The third-order valence-electron chi connectivity index (χ3n) is 2.60. The van der Waals surface area contributed by atoms with Crippen molar-refractivity contribution in [2.24, 2.45) is 0 Å². The van der Waals surface area contributed by atoms with Crippen LogP contribution in [-0.4, -0.2) is 4.98 Å². The molecule has 0 aliphatic heterocycles. The van der Waals surface area contributed by atoms with Crippen molar-refractivity contribution in [2.45, 2.75) is 13.8 Å². The number of nitrogens with two attached hydrogens (primary N) is 1. The van der Waals surface area contributed by atoms with Crippen molar-refractivity contribution in [2.75, 3.05) is 11.1 Å². The number of nitrogen functional groups attached to an aromatic ring is 1. The van der Waals surface area contributed by atoms with E-state index in [1.807, 2.05) is 6.07 Å². The van der Waals surface area contributed by atoms with Crippen molar-refractivity contribution in [3.05, 3.63) is 46.6 Å². The summed E-state index contributed by atoms with van der Waals surface area (Å²) >= 11 is 5.84. The van der Waals surface area contributed by atoms with E-state index in [0.717, 1.165) is 5.69 Å². The Bertz CT molecular complexity index is 532. The van der Waals surface area contributed by atoms with Crippen molar-refractivity contribution in [3.8, 4) is 0 Å². The summed E-state index contributed by atoms with van der Waals surface area (Å²) in [5.41, 5.74) is 9.76. The van der Waals surface area contributed by atoms with Crippen molar-refractivity contribution in [1.29, 1.82) is 0 Å². The SMILES string of the molecule is Cc1ccc(Nc2cc(N)cc(Cl)n2)cc1C. The van der Waals surface area contributed by atoms with Gasteiger partial charge in [-0.25, -0.2) is 4.98 Å². The first-order chi connectivity index (χ1) is 8.04. The Balaban J connectivity index is 2.28. The lowest BCUT2D eigenvalue weighted by atomic mass is 10.1. The maximum atomic E-state index is 5.84. The maximum absolute atomic E-state index is 5.84. The van der Waals surface area contributed by atoms with Crippen molar-refractivity contribution >= 4 is 28.8 Å². The zero-order valence-electron chi connectivity index (χ0n) is 9.79. The number of hydrogen-bond donors (Lipinski definition) is 2. The van der Waals surface area contributed by atoms with Gasteiger partial charge < -0.3 is 11.1 Å². The lowest BCUT2D eigenvalue weighted by molar-refractivity contribution is 1.29. The fourth-order valence-electron chi connectivity index (χ4n) is 1.55. The molecule has 2 aromatic rings. The highest BCUT2D eigenvalue weighted by atomic mass is 35.5. The molecule has 0 fully saturated rings. The molecule has 0 spiro atoms. The molecule has 1 aromatic heterocycles. The molecule has 3 N–H and O–H groups in total. The molecule has 1 aromatic carbocycles. The maximum Gasteiger partial charge on any atom is 0.134 e. The van der Waals surface area contributed by atoms with Gasteiger partial charge in [-0.05, 0) is 43.2 Å². The Kier molecular flexibility index (Phi) is 3.20. The molecular formula is C13H14ClN3. The van der Waals surface area contributed by atoms with Crippen LogP contribution in [0.5, 0.6) is 0 Å². The molecule has 0 saturated heterocycles. The average Bonchev–Trinajstić information content (AvgIpc) is 2.22. The van der Waals surface area contributed by atoms with Crippen LogP contribution in [0.4, 0.5) is 17.2 Å². The van der Waals surface area contributed by atoms with Crippen LogP contribution < -0.4 is 11.1 Å². The van der Waals surface area contributed by atoms with Gasteiger partial charge in [0.2, 0.25) is 0 Å². The predicted octanol–water partition coefficient (Wildman–Crippen LogP) is 3.68. The van der Waals surface area contributed by atoms with Crippen molar-refractivity contribution in [1.82, 2.24) is 4.98 Å². The highest BCUT2D eigenvalue weighted by Gasteiger charge is 2.01. The number of anilines is 3. The molecular weight excluding hydrogens is 234 g/mol. The summed E-state index contributed by atoms with van der Waals surface area (Å²) in [5, 5.41) is 3.56. The highest BCUT2D eigenvalue weighted by molar-refractivity contribution is 6.29. The smallest absolute Gasteiger partial charge is 0.134 e. The Morgan fingerprint density at radius 1 is 1.12 bits per heavy atom. The van der Waals surface area contributed by atoms with Crippen LogP contribution in [0.2, 0.25) is 5.15 Å². The van der Waals surface area contributed by atoms with Crippen LogP contribution >= 0.6 is 11.6 Å². The van der Waals surface area contributed by atoms with E-state index in [-0.39, 0.29) is 0 Å². The van der Waals surface area contributed by atoms with Gasteiger partial charge in [-0.15, -0.1) is 0 Å². The second-order valence-electron chi connectivity index (χ2n) is 4.03. The van der Waals surface area contributed by atoms with Gasteiger partial charge in [0, 0.05) is 17.4 Å². The third-order valence-corrected chi connectivity index (χ3v) is 2.79. The summed E-state index contributed by atoms with van der Waals surface area (Å²) < 4.78 is 0. The number of halogens is 1. The molecule has 0 unspecified atom stereocenters. The lowest BCUT2D eigenvalue weighted by Gasteiger charge is -2.08. The van der Waals surface area contributed by atoms with Crippen LogP contribution in [0.15, 0.2) is 30.3 Å². The molecule has 4 heteroatoms. The molecule has 0 aliphatic carbocycles. The molecule has 88 valence electrons. The molecule has 0 aliphatic rings. The molecule has 2 rings (SSSR count). The number of aryl methyl sites for hydroxylation is 2. The molecule has 0 saturated carbocycles. The number of pyridine rings is 1. The highest BCUT2D eigenvalue weighted by Crippen LogP contribution is 2.21. The van der Waals surface area contributed by atoms with Gasteiger partial charge in [-0.3, -0.25) is 0 Å². The Morgan fingerprint density at radius 3 is 2.53 bits per heavy atom. The van der Waals surface area contributed by atoms with Gasteiger partial charge in [0.1, 0.15) is 11.0 Å². The molecule has 0 atom stereocenters. The largest absolute Gasteiger partial charge is 0.399 e. The first-order valence-electron chi connectivity index (χ1n) is 5.32. The van der Waals surface area contributed by atoms with Gasteiger partial charge in [0.05, 0.1) is 0 Å². The minimum absolute atomic E-state index is 0.385. The fourth-order valence-corrected chi connectivity index (χ4v) is 1.76. The monoisotopic (exact) mass is 247 g/mol.